The first kappa shape index (κ1) is 24.9. The van der Waals surface area contributed by atoms with Gasteiger partial charge in [0.2, 0.25) is 0 Å². The van der Waals surface area contributed by atoms with Crippen molar-refractivity contribution in [2.24, 2.45) is 0 Å². The topological polar surface area (TPSA) is 26.3 Å². The van der Waals surface area contributed by atoms with Gasteiger partial charge in [0.25, 0.3) is 0 Å². The van der Waals surface area contributed by atoms with Gasteiger partial charge in [0.05, 0.1) is 7.11 Å². The van der Waals surface area contributed by atoms with Crippen molar-refractivity contribution in [3.63, 3.8) is 0 Å². The molecule has 27 heavy (non-hydrogen) atoms. The maximum Gasteiger partial charge on any atom is 0.305 e. The standard InChI is InChI=1S/C24H46O2S/c1-3-4-5-6-7-8-10-13-16-19-22-23(27-22)20-17-14-11-9-12-15-18-21-24(25)26-2/h22-23H,3-21H2,1-2H3. The van der Waals surface area contributed by atoms with Gasteiger partial charge in [0.15, 0.2) is 0 Å². The average molecular weight is 399 g/mol. The van der Waals surface area contributed by atoms with Gasteiger partial charge >= 0.3 is 5.97 Å². The fourth-order valence-electron chi connectivity index (χ4n) is 3.94. The van der Waals surface area contributed by atoms with Crippen LogP contribution < -0.4 is 0 Å². The number of methoxy groups -OCH3 is 1. The second-order valence-corrected chi connectivity index (χ2v) is 9.90. The third kappa shape index (κ3) is 15.4. The van der Waals surface area contributed by atoms with E-state index in [0.29, 0.717) is 6.42 Å². The van der Waals surface area contributed by atoms with E-state index in [1.807, 2.05) is 0 Å². The number of hydrogen-bond donors (Lipinski definition) is 0. The monoisotopic (exact) mass is 398 g/mol. The summed E-state index contributed by atoms with van der Waals surface area (Å²) in [5.74, 6) is -0.0612. The predicted octanol–water partition coefficient (Wildman–Crippen LogP) is 8.08. The molecule has 160 valence electrons. The Hall–Kier alpha value is -0.180. The highest BCUT2D eigenvalue weighted by molar-refractivity contribution is 8.07. The zero-order valence-corrected chi connectivity index (χ0v) is 19.1. The smallest absolute Gasteiger partial charge is 0.305 e. The Bertz CT molecular complexity index is 345. The molecule has 1 heterocycles. The Morgan fingerprint density at radius 3 is 1.52 bits per heavy atom. The first-order valence-electron chi connectivity index (χ1n) is 12.0. The second-order valence-electron chi connectivity index (χ2n) is 8.42. The van der Waals surface area contributed by atoms with Crippen molar-refractivity contribution in [3.05, 3.63) is 0 Å². The summed E-state index contributed by atoms with van der Waals surface area (Å²) in [5, 5.41) is 2.01. The Morgan fingerprint density at radius 1 is 0.667 bits per heavy atom. The highest BCUT2D eigenvalue weighted by Gasteiger charge is 2.36. The van der Waals surface area contributed by atoms with Crippen LogP contribution in [-0.2, 0) is 9.53 Å². The molecule has 1 aliphatic heterocycles. The van der Waals surface area contributed by atoms with E-state index in [9.17, 15) is 4.79 Å². The van der Waals surface area contributed by atoms with E-state index in [1.165, 1.54) is 116 Å². The number of rotatable bonds is 20. The molecule has 0 radical (unpaired) electrons. The molecule has 1 saturated heterocycles. The molecule has 1 aliphatic rings. The third-order valence-electron chi connectivity index (χ3n) is 5.88. The van der Waals surface area contributed by atoms with Crippen LogP contribution in [0.1, 0.15) is 129 Å². The zero-order chi connectivity index (χ0) is 19.6. The quantitative estimate of drug-likeness (QED) is 0.118. The normalized spacial score (nSPS) is 18.6. The second kappa shape index (κ2) is 17.9. The van der Waals surface area contributed by atoms with Crippen LogP contribution in [0.2, 0.25) is 0 Å². The van der Waals surface area contributed by atoms with Crippen molar-refractivity contribution in [2.75, 3.05) is 7.11 Å². The summed E-state index contributed by atoms with van der Waals surface area (Å²) in [7, 11) is 1.47. The highest BCUT2D eigenvalue weighted by atomic mass is 32.2. The van der Waals surface area contributed by atoms with Gasteiger partial charge in [-0.05, 0) is 19.3 Å². The number of hydrogen-bond acceptors (Lipinski definition) is 3. The number of carbonyl (C=O) groups is 1. The maximum absolute atomic E-state index is 11.0. The molecule has 0 saturated carbocycles. The molecule has 0 N–H and O–H groups in total. The highest BCUT2D eigenvalue weighted by Crippen LogP contribution is 2.47. The van der Waals surface area contributed by atoms with Gasteiger partial charge in [-0.1, -0.05) is 103 Å². The Balaban J connectivity index is 1.73. The molecule has 0 spiro atoms. The Labute approximate surface area is 174 Å². The van der Waals surface area contributed by atoms with Crippen LogP contribution in [0.5, 0.6) is 0 Å². The van der Waals surface area contributed by atoms with Crippen molar-refractivity contribution >= 4 is 17.7 Å². The predicted molar refractivity (Wildman–Crippen MR) is 121 cm³/mol. The third-order valence-corrected chi connectivity index (χ3v) is 7.39. The van der Waals surface area contributed by atoms with Crippen LogP contribution >= 0.6 is 11.8 Å². The van der Waals surface area contributed by atoms with E-state index in [4.69, 9.17) is 0 Å². The average Bonchev–Trinajstić information content (AvgIpc) is 3.43. The number of ether oxygens (including phenoxy) is 1. The summed E-state index contributed by atoms with van der Waals surface area (Å²) < 4.78 is 4.66. The number of esters is 1. The van der Waals surface area contributed by atoms with Crippen LogP contribution in [0.4, 0.5) is 0 Å². The van der Waals surface area contributed by atoms with Crippen molar-refractivity contribution in [2.45, 2.75) is 139 Å². The van der Waals surface area contributed by atoms with Gasteiger partial charge in [-0.3, -0.25) is 4.79 Å². The number of unbranched alkanes of at least 4 members (excludes halogenated alkanes) is 14. The lowest BCUT2D eigenvalue weighted by Gasteiger charge is -2.03. The van der Waals surface area contributed by atoms with Crippen LogP contribution in [0.15, 0.2) is 0 Å². The Kier molecular flexibility index (Phi) is 16.5. The fraction of sp³-hybridized carbons (Fsp3) is 0.958. The minimum Gasteiger partial charge on any atom is -0.469 e. The summed E-state index contributed by atoms with van der Waals surface area (Å²) in [5.41, 5.74) is 0. The fourth-order valence-corrected chi connectivity index (χ4v) is 5.18. The van der Waals surface area contributed by atoms with Crippen LogP contribution in [0.3, 0.4) is 0 Å². The largest absolute Gasteiger partial charge is 0.469 e. The van der Waals surface area contributed by atoms with Crippen molar-refractivity contribution < 1.29 is 9.53 Å². The molecule has 0 amide bonds. The summed E-state index contributed by atoms with van der Waals surface area (Å²) in [4.78, 5) is 11.0. The molecule has 2 atom stereocenters. The molecule has 0 aromatic carbocycles. The summed E-state index contributed by atoms with van der Waals surface area (Å²) in [6.45, 7) is 2.29. The van der Waals surface area contributed by atoms with Gasteiger partial charge in [-0.15, -0.1) is 0 Å². The molecule has 2 nitrogen and oxygen atoms in total. The first-order valence-corrected chi connectivity index (χ1v) is 12.9. The van der Waals surface area contributed by atoms with Gasteiger partial charge < -0.3 is 4.74 Å². The summed E-state index contributed by atoms with van der Waals surface area (Å²) in [6.07, 6.45) is 25.5. The lowest BCUT2D eigenvalue weighted by Crippen LogP contribution is -1.99. The molecule has 0 aliphatic carbocycles. The van der Waals surface area contributed by atoms with E-state index < -0.39 is 0 Å². The first-order chi connectivity index (χ1) is 13.3. The molecule has 2 unspecified atom stereocenters. The number of carbonyl (C=O) groups excluding carboxylic acids is 1. The summed E-state index contributed by atoms with van der Waals surface area (Å²) >= 11 is 2.25. The van der Waals surface area contributed by atoms with E-state index in [-0.39, 0.29) is 5.97 Å². The van der Waals surface area contributed by atoms with E-state index in [0.717, 1.165) is 16.9 Å². The molecule has 0 aromatic rings. The molecular formula is C24H46O2S. The van der Waals surface area contributed by atoms with Crippen LogP contribution in [0.25, 0.3) is 0 Å². The van der Waals surface area contributed by atoms with Gasteiger partial charge in [-0.2, -0.15) is 11.8 Å². The van der Waals surface area contributed by atoms with Crippen molar-refractivity contribution in [1.29, 1.82) is 0 Å². The zero-order valence-electron chi connectivity index (χ0n) is 18.3. The van der Waals surface area contributed by atoms with Gasteiger partial charge in [-0.25, -0.2) is 0 Å². The van der Waals surface area contributed by atoms with Gasteiger partial charge in [0.1, 0.15) is 0 Å². The van der Waals surface area contributed by atoms with E-state index in [2.05, 4.69) is 23.4 Å². The van der Waals surface area contributed by atoms with Crippen molar-refractivity contribution in [1.82, 2.24) is 0 Å². The molecule has 0 bridgehead atoms. The molecule has 1 rings (SSSR count). The molecular weight excluding hydrogens is 352 g/mol. The summed E-state index contributed by atoms with van der Waals surface area (Å²) in [6, 6.07) is 0. The van der Waals surface area contributed by atoms with Crippen LogP contribution in [-0.4, -0.2) is 23.6 Å². The van der Waals surface area contributed by atoms with E-state index in [1.54, 1.807) is 0 Å². The number of thioether (sulfide) groups is 1. The maximum atomic E-state index is 11.0. The molecule has 1 fully saturated rings. The van der Waals surface area contributed by atoms with Gasteiger partial charge in [0, 0.05) is 16.9 Å². The lowest BCUT2D eigenvalue weighted by molar-refractivity contribution is -0.140. The minimum absolute atomic E-state index is 0.0612. The van der Waals surface area contributed by atoms with E-state index >= 15 is 0 Å². The minimum atomic E-state index is -0.0612. The Morgan fingerprint density at radius 2 is 1.07 bits per heavy atom. The van der Waals surface area contributed by atoms with Crippen LogP contribution in [0, 0.1) is 0 Å². The molecule has 0 aromatic heterocycles. The lowest BCUT2D eigenvalue weighted by atomic mass is 10.0. The SMILES string of the molecule is CCCCCCCCCCCC1SC1CCCCCCCCCC(=O)OC. The van der Waals surface area contributed by atoms with Crippen molar-refractivity contribution in [3.8, 4) is 0 Å². The molecule has 3 heteroatoms.